The molecule has 1 aromatic carbocycles. The zero-order valence-electron chi connectivity index (χ0n) is 10.7. The second-order valence-electron chi connectivity index (χ2n) is 3.85. The summed E-state index contributed by atoms with van der Waals surface area (Å²) < 4.78 is 5.21. The van der Waals surface area contributed by atoms with Gasteiger partial charge in [0.05, 0.1) is 23.9 Å². The van der Waals surface area contributed by atoms with Crippen molar-refractivity contribution in [2.75, 3.05) is 18.2 Å². The molecule has 0 bridgehead atoms. The zero-order chi connectivity index (χ0) is 14.5. The number of nitrogens with zero attached hydrogens (tertiary/aromatic N) is 3. The van der Waals surface area contributed by atoms with Crippen LogP contribution in [0.25, 0.3) is 0 Å². The summed E-state index contributed by atoms with van der Waals surface area (Å²) in [5.74, 6) is 0.803. The Morgan fingerprint density at radius 1 is 1.20 bits per heavy atom. The van der Waals surface area contributed by atoms with Gasteiger partial charge in [0, 0.05) is 6.20 Å². The number of nitrogens with one attached hydrogen (secondary N) is 1. The summed E-state index contributed by atoms with van der Waals surface area (Å²) >= 11 is 0. The third-order valence-corrected chi connectivity index (χ3v) is 2.72. The van der Waals surface area contributed by atoms with Crippen LogP contribution in [0.15, 0.2) is 30.5 Å². The van der Waals surface area contributed by atoms with E-state index in [-0.39, 0.29) is 5.69 Å². The fraction of sp³-hybridized carbons (Fsp3) is 0.0714. The van der Waals surface area contributed by atoms with Crippen molar-refractivity contribution in [3.8, 4) is 17.9 Å². The molecule has 6 heteroatoms. The van der Waals surface area contributed by atoms with E-state index in [0.717, 1.165) is 0 Å². The third kappa shape index (κ3) is 2.31. The molecule has 6 nitrogen and oxygen atoms in total. The SMILES string of the molecule is COc1cccc(C#N)c1Nc1nccc(C#N)c1N. The lowest BCUT2D eigenvalue weighted by Crippen LogP contribution is -2.04. The number of rotatable bonds is 3. The van der Waals surface area contributed by atoms with Crippen molar-refractivity contribution in [2.45, 2.75) is 0 Å². The first-order chi connectivity index (χ1) is 9.71. The average molecular weight is 265 g/mol. The minimum absolute atomic E-state index is 0.227. The predicted octanol–water partition coefficient (Wildman–Crippen LogP) is 2.16. The first-order valence-corrected chi connectivity index (χ1v) is 5.70. The van der Waals surface area contributed by atoms with Crippen molar-refractivity contribution in [2.24, 2.45) is 0 Å². The number of para-hydroxylation sites is 1. The molecule has 98 valence electrons. The maximum absolute atomic E-state index is 9.14. The second kappa shape index (κ2) is 5.59. The minimum atomic E-state index is 0.227. The molecule has 0 unspecified atom stereocenters. The summed E-state index contributed by atoms with van der Waals surface area (Å²) in [6.07, 6.45) is 1.47. The lowest BCUT2D eigenvalue weighted by Gasteiger charge is -2.13. The fourth-order valence-electron chi connectivity index (χ4n) is 1.71. The number of hydrogen-bond acceptors (Lipinski definition) is 6. The number of methoxy groups -OCH3 is 1. The molecule has 0 spiro atoms. The Morgan fingerprint density at radius 2 is 1.95 bits per heavy atom. The smallest absolute Gasteiger partial charge is 0.155 e. The van der Waals surface area contributed by atoms with E-state index in [1.807, 2.05) is 6.07 Å². The molecule has 0 fully saturated rings. The van der Waals surface area contributed by atoms with Crippen LogP contribution in [0.5, 0.6) is 5.75 Å². The molecule has 0 aliphatic carbocycles. The monoisotopic (exact) mass is 265 g/mol. The number of nitrogen functional groups attached to an aromatic ring is 1. The topological polar surface area (TPSA) is 108 Å². The first-order valence-electron chi connectivity index (χ1n) is 5.70. The Hall–Kier alpha value is -3.25. The van der Waals surface area contributed by atoms with Gasteiger partial charge in [-0.3, -0.25) is 0 Å². The molecule has 0 aliphatic rings. The summed E-state index contributed by atoms with van der Waals surface area (Å²) in [5, 5.41) is 21.0. The van der Waals surface area contributed by atoms with Crippen molar-refractivity contribution in [3.63, 3.8) is 0 Å². The van der Waals surface area contributed by atoms with Crippen LogP contribution in [0.4, 0.5) is 17.2 Å². The molecular weight excluding hydrogens is 254 g/mol. The van der Waals surface area contributed by atoms with E-state index in [4.69, 9.17) is 21.0 Å². The quantitative estimate of drug-likeness (QED) is 0.880. The summed E-state index contributed by atoms with van der Waals surface area (Å²) in [7, 11) is 1.50. The minimum Gasteiger partial charge on any atom is -0.495 e. The second-order valence-corrected chi connectivity index (χ2v) is 3.85. The molecule has 2 rings (SSSR count). The van der Waals surface area contributed by atoms with Crippen molar-refractivity contribution in [3.05, 3.63) is 41.6 Å². The normalized spacial score (nSPS) is 9.35. The maximum atomic E-state index is 9.14. The van der Waals surface area contributed by atoms with E-state index >= 15 is 0 Å². The highest BCUT2D eigenvalue weighted by molar-refractivity contribution is 5.78. The summed E-state index contributed by atoms with van der Waals surface area (Å²) in [6, 6.07) is 10.6. The Bertz CT molecular complexity index is 727. The maximum Gasteiger partial charge on any atom is 0.155 e. The van der Waals surface area contributed by atoms with Gasteiger partial charge in [-0.25, -0.2) is 4.98 Å². The van der Waals surface area contributed by atoms with E-state index in [2.05, 4.69) is 16.4 Å². The molecular formula is C14H11N5O. The van der Waals surface area contributed by atoms with Crippen LogP contribution in [0, 0.1) is 22.7 Å². The molecule has 20 heavy (non-hydrogen) atoms. The number of nitrogens with two attached hydrogens (primary N) is 1. The van der Waals surface area contributed by atoms with Crippen LogP contribution >= 0.6 is 0 Å². The number of aromatic nitrogens is 1. The van der Waals surface area contributed by atoms with Crippen molar-refractivity contribution >= 4 is 17.2 Å². The molecule has 3 N–H and O–H groups in total. The molecule has 0 radical (unpaired) electrons. The zero-order valence-corrected chi connectivity index (χ0v) is 10.7. The van der Waals surface area contributed by atoms with E-state index in [1.54, 1.807) is 18.2 Å². The van der Waals surface area contributed by atoms with Crippen LogP contribution in [0.2, 0.25) is 0 Å². The van der Waals surface area contributed by atoms with Crippen LogP contribution in [-0.4, -0.2) is 12.1 Å². The van der Waals surface area contributed by atoms with E-state index in [9.17, 15) is 0 Å². The van der Waals surface area contributed by atoms with Gasteiger partial charge >= 0.3 is 0 Å². The highest BCUT2D eigenvalue weighted by atomic mass is 16.5. The lowest BCUT2D eigenvalue weighted by molar-refractivity contribution is 0.416. The summed E-state index contributed by atoms with van der Waals surface area (Å²) in [5.41, 5.74) is 7.26. The Labute approximate surface area is 116 Å². The highest BCUT2D eigenvalue weighted by Crippen LogP contribution is 2.32. The van der Waals surface area contributed by atoms with E-state index in [1.165, 1.54) is 19.4 Å². The van der Waals surface area contributed by atoms with Gasteiger partial charge in [-0.2, -0.15) is 10.5 Å². The van der Waals surface area contributed by atoms with Gasteiger partial charge in [0.2, 0.25) is 0 Å². The molecule has 2 aromatic rings. The number of pyridine rings is 1. The van der Waals surface area contributed by atoms with Gasteiger partial charge in [0.15, 0.2) is 5.82 Å². The van der Waals surface area contributed by atoms with Crippen LogP contribution in [0.1, 0.15) is 11.1 Å². The molecule has 0 saturated heterocycles. The lowest BCUT2D eigenvalue weighted by atomic mass is 10.1. The van der Waals surface area contributed by atoms with Gasteiger partial charge in [0.25, 0.3) is 0 Å². The van der Waals surface area contributed by atoms with E-state index in [0.29, 0.717) is 28.4 Å². The predicted molar refractivity (Wildman–Crippen MR) is 74.4 cm³/mol. The average Bonchev–Trinajstić information content (AvgIpc) is 2.49. The summed E-state index contributed by atoms with van der Waals surface area (Å²) in [4.78, 5) is 4.08. The highest BCUT2D eigenvalue weighted by Gasteiger charge is 2.12. The Morgan fingerprint density at radius 3 is 2.60 bits per heavy atom. The van der Waals surface area contributed by atoms with Gasteiger partial charge in [-0.15, -0.1) is 0 Å². The fourth-order valence-corrected chi connectivity index (χ4v) is 1.71. The largest absolute Gasteiger partial charge is 0.495 e. The van der Waals surface area contributed by atoms with Gasteiger partial charge in [0.1, 0.15) is 23.6 Å². The molecule has 0 amide bonds. The van der Waals surface area contributed by atoms with Gasteiger partial charge < -0.3 is 15.8 Å². The van der Waals surface area contributed by atoms with Gasteiger partial charge in [-0.1, -0.05) is 6.07 Å². The van der Waals surface area contributed by atoms with Crippen molar-refractivity contribution in [1.82, 2.24) is 4.98 Å². The van der Waals surface area contributed by atoms with Crippen molar-refractivity contribution in [1.29, 1.82) is 10.5 Å². The number of benzene rings is 1. The number of nitriles is 2. The number of anilines is 3. The van der Waals surface area contributed by atoms with Crippen molar-refractivity contribution < 1.29 is 4.74 Å². The van der Waals surface area contributed by atoms with Crippen LogP contribution < -0.4 is 15.8 Å². The first kappa shape index (κ1) is 13.2. The number of hydrogen-bond donors (Lipinski definition) is 2. The Kier molecular flexibility index (Phi) is 3.69. The molecule has 0 aliphatic heterocycles. The molecule has 1 heterocycles. The summed E-state index contributed by atoms with van der Waals surface area (Å²) in [6.45, 7) is 0. The van der Waals surface area contributed by atoms with Gasteiger partial charge in [-0.05, 0) is 18.2 Å². The third-order valence-electron chi connectivity index (χ3n) is 2.72. The number of ether oxygens (including phenoxy) is 1. The Balaban J connectivity index is 2.51. The van der Waals surface area contributed by atoms with E-state index < -0.39 is 0 Å². The molecule has 0 atom stereocenters. The molecule has 0 saturated carbocycles. The standard InChI is InChI=1S/C14H11N5O/c1-20-11-4-2-3-10(8-16)13(11)19-14-12(17)9(7-15)5-6-18-14/h2-6H,17H2,1H3,(H,18,19). The van der Waals surface area contributed by atoms with Crippen LogP contribution in [0.3, 0.4) is 0 Å². The molecule has 1 aromatic heterocycles. The van der Waals surface area contributed by atoms with Crippen LogP contribution in [-0.2, 0) is 0 Å².